The van der Waals surface area contributed by atoms with Gasteiger partial charge in [0.15, 0.2) is 5.69 Å². The van der Waals surface area contributed by atoms with Crippen molar-refractivity contribution in [2.75, 3.05) is 6.61 Å². The van der Waals surface area contributed by atoms with Crippen molar-refractivity contribution >= 4 is 11.3 Å². The van der Waals surface area contributed by atoms with Gasteiger partial charge in [-0.05, 0) is 0 Å². The molecule has 0 amide bonds. The van der Waals surface area contributed by atoms with Gasteiger partial charge in [-0.25, -0.2) is 0 Å². The van der Waals surface area contributed by atoms with Crippen LogP contribution in [0.25, 0.3) is 0 Å². The molecule has 0 saturated carbocycles. The van der Waals surface area contributed by atoms with Crippen molar-refractivity contribution < 1.29 is 9.67 Å². The van der Waals surface area contributed by atoms with Crippen LogP contribution in [0.4, 0.5) is 0 Å². The maximum atomic E-state index is 8.83. The van der Waals surface area contributed by atoms with E-state index in [9.17, 15) is 0 Å². The van der Waals surface area contributed by atoms with Crippen molar-refractivity contribution in [1.29, 1.82) is 0 Å². The highest BCUT2D eigenvalue weighted by Gasteiger charge is 2.13. The molecule has 3 heteroatoms. The Bertz CT molecular complexity index is 257. The molecular formula is C10H18NOS+. The van der Waals surface area contributed by atoms with E-state index in [1.807, 2.05) is 0 Å². The number of hydrogen-bond acceptors (Lipinski definition) is 2. The number of hydrogen-bond donors (Lipinski definition) is 1. The highest BCUT2D eigenvalue weighted by atomic mass is 32.1. The number of rotatable bonds is 5. The molecular weight excluding hydrogens is 182 g/mol. The van der Waals surface area contributed by atoms with Crippen molar-refractivity contribution in [3.8, 4) is 0 Å². The van der Waals surface area contributed by atoms with Crippen LogP contribution >= 0.6 is 11.3 Å². The fourth-order valence-electron chi connectivity index (χ4n) is 1.34. The zero-order chi connectivity index (χ0) is 9.68. The molecule has 2 nitrogen and oxygen atoms in total. The molecule has 0 aromatic carbocycles. The fourth-order valence-corrected chi connectivity index (χ4v) is 2.36. The highest BCUT2D eigenvalue weighted by Crippen LogP contribution is 2.11. The minimum atomic E-state index is 0.259. The second-order valence-electron chi connectivity index (χ2n) is 3.25. The molecule has 74 valence electrons. The Hall–Kier alpha value is -0.410. The first-order valence-corrected chi connectivity index (χ1v) is 5.74. The third-order valence-corrected chi connectivity index (χ3v) is 3.39. The zero-order valence-corrected chi connectivity index (χ0v) is 9.23. The molecule has 1 N–H and O–H groups in total. The predicted molar refractivity (Wildman–Crippen MR) is 54.9 cm³/mol. The number of aryl methyl sites for hydroxylation is 1. The number of aliphatic hydroxyl groups excluding tert-OH is 1. The fraction of sp³-hybridized carbons (Fsp3) is 0.700. The van der Waals surface area contributed by atoms with Gasteiger partial charge in [0, 0.05) is 26.4 Å². The van der Waals surface area contributed by atoms with Crippen LogP contribution in [0.3, 0.4) is 0 Å². The first-order valence-electron chi connectivity index (χ1n) is 4.86. The number of nitrogens with zero attached hydrogens (tertiary/aromatic N) is 1. The summed E-state index contributed by atoms with van der Waals surface area (Å²) in [5.74, 6) is 0. The monoisotopic (exact) mass is 200 g/mol. The van der Waals surface area contributed by atoms with E-state index in [-0.39, 0.29) is 6.61 Å². The molecule has 0 radical (unpaired) electrons. The van der Waals surface area contributed by atoms with E-state index in [4.69, 9.17) is 5.11 Å². The molecule has 0 spiro atoms. The largest absolute Gasteiger partial charge is 0.396 e. The van der Waals surface area contributed by atoms with Gasteiger partial charge in [-0.1, -0.05) is 24.7 Å². The summed E-state index contributed by atoms with van der Waals surface area (Å²) in [6.45, 7) is 5.72. The van der Waals surface area contributed by atoms with Gasteiger partial charge in [-0.15, -0.1) is 0 Å². The lowest BCUT2D eigenvalue weighted by molar-refractivity contribution is -0.698. The molecule has 0 aliphatic carbocycles. The van der Waals surface area contributed by atoms with Gasteiger partial charge in [0.05, 0.1) is 4.88 Å². The zero-order valence-electron chi connectivity index (χ0n) is 8.42. The Morgan fingerprint density at radius 3 is 2.92 bits per heavy atom. The lowest BCUT2D eigenvalue weighted by atomic mass is 10.3. The van der Waals surface area contributed by atoms with Gasteiger partial charge in [0.25, 0.3) is 0 Å². The van der Waals surface area contributed by atoms with Gasteiger partial charge < -0.3 is 5.11 Å². The third kappa shape index (κ3) is 2.78. The molecule has 0 aliphatic heterocycles. The van der Waals surface area contributed by atoms with Crippen molar-refractivity contribution in [1.82, 2.24) is 0 Å². The molecule has 1 aromatic rings. The summed E-state index contributed by atoms with van der Waals surface area (Å²) >= 11 is 1.75. The average Bonchev–Trinajstić information content (AvgIpc) is 2.46. The van der Waals surface area contributed by atoms with Crippen molar-refractivity contribution in [3.05, 3.63) is 16.1 Å². The normalized spacial score (nSPS) is 10.7. The van der Waals surface area contributed by atoms with Gasteiger partial charge in [0.2, 0.25) is 5.51 Å². The first-order chi connectivity index (χ1) is 6.29. The predicted octanol–water partition coefficient (Wildman–Crippen LogP) is 1.68. The molecule has 0 aliphatic rings. The molecule has 13 heavy (non-hydrogen) atoms. The molecule has 1 heterocycles. The first kappa shape index (κ1) is 10.7. The lowest BCUT2D eigenvalue weighted by Gasteiger charge is -1.94. The molecule has 1 rings (SSSR count). The Balaban J connectivity index is 2.62. The quantitative estimate of drug-likeness (QED) is 0.718. The number of aromatic nitrogens is 1. The summed E-state index contributed by atoms with van der Waals surface area (Å²) in [7, 11) is 0. The second kappa shape index (κ2) is 5.35. The highest BCUT2D eigenvalue weighted by molar-refractivity contribution is 7.09. The Morgan fingerprint density at radius 2 is 2.31 bits per heavy atom. The Labute approximate surface area is 83.9 Å². The summed E-state index contributed by atoms with van der Waals surface area (Å²) in [6, 6.07) is 0. The van der Waals surface area contributed by atoms with Crippen LogP contribution in [0, 0.1) is 6.92 Å². The van der Waals surface area contributed by atoms with E-state index < -0.39 is 0 Å². The maximum absolute atomic E-state index is 8.83. The van der Waals surface area contributed by atoms with E-state index in [2.05, 4.69) is 23.9 Å². The van der Waals surface area contributed by atoms with Crippen molar-refractivity contribution in [2.24, 2.45) is 0 Å². The van der Waals surface area contributed by atoms with Crippen LogP contribution in [0.2, 0.25) is 0 Å². The molecule has 0 fully saturated rings. The summed E-state index contributed by atoms with van der Waals surface area (Å²) < 4.78 is 2.29. The molecule has 0 bridgehead atoms. The van der Waals surface area contributed by atoms with Crippen LogP contribution < -0.4 is 4.57 Å². The summed E-state index contributed by atoms with van der Waals surface area (Å²) in [4.78, 5) is 1.32. The SMILES string of the molecule is CCCC[n+]1csc(CCO)c1C. The number of thiazole rings is 1. The van der Waals surface area contributed by atoms with Gasteiger partial charge in [0.1, 0.15) is 6.54 Å². The van der Waals surface area contributed by atoms with Gasteiger partial charge >= 0.3 is 0 Å². The van der Waals surface area contributed by atoms with Crippen LogP contribution in [-0.2, 0) is 13.0 Å². The van der Waals surface area contributed by atoms with Crippen molar-refractivity contribution in [2.45, 2.75) is 39.7 Å². The topological polar surface area (TPSA) is 24.1 Å². The lowest BCUT2D eigenvalue weighted by Crippen LogP contribution is -2.34. The van der Waals surface area contributed by atoms with E-state index in [1.54, 1.807) is 11.3 Å². The van der Waals surface area contributed by atoms with Crippen LogP contribution in [0.5, 0.6) is 0 Å². The minimum Gasteiger partial charge on any atom is -0.396 e. The van der Waals surface area contributed by atoms with E-state index in [0.717, 1.165) is 13.0 Å². The average molecular weight is 200 g/mol. The van der Waals surface area contributed by atoms with Gasteiger partial charge in [-0.3, -0.25) is 0 Å². The van der Waals surface area contributed by atoms with E-state index in [1.165, 1.54) is 23.4 Å². The van der Waals surface area contributed by atoms with E-state index >= 15 is 0 Å². The minimum absolute atomic E-state index is 0.259. The third-order valence-electron chi connectivity index (χ3n) is 2.25. The maximum Gasteiger partial charge on any atom is 0.225 e. The number of aliphatic hydroxyl groups is 1. The standard InChI is InChI=1S/C10H18NOS/c1-3-4-6-11-8-13-10(5-7-12)9(11)2/h8,12H,3-7H2,1-2H3/q+1. The Kier molecular flexibility index (Phi) is 4.39. The van der Waals surface area contributed by atoms with E-state index in [0.29, 0.717) is 0 Å². The number of unbranched alkanes of at least 4 members (excludes halogenated alkanes) is 1. The summed E-state index contributed by atoms with van der Waals surface area (Å²) in [5, 5.41) is 8.83. The molecule has 0 saturated heterocycles. The smallest absolute Gasteiger partial charge is 0.225 e. The summed E-state index contributed by atoms with van der Waals surface area (Å²) in [6.07, 6.45) is 3.27. The molecule has 1 aromatic heterocycles. The second-order valence-corrected chi connectivity index (χ2v) is 4.19. The van der Waals surface area contributed by atoms with Crippen LogP contribution in [-0.4, -0.2) is 11.7 Å². The summed E-state index contributed by atoms with van der Waals surface area (Å²) in [5.41, 5.74) is 3.49. The van der Waals surface area contributed by atoms with Crippen molar-refractivity contribution in [3.63, 3.8) is 0 Å². The molecule has 0 atom stereocenters. The van der Waals surface area contributed by atoms with Gasteiger partial charge in [-0.2, -0.15) is 4.57 Å². The van der Waals surface area contributed by atoms with Crippen LogP contribution in [0.15, 0.2) is 5.51 Å². The van der Waals surface area contributed by atoms with Crippen LogP contribution in [0.1, 0.15) is 30.3 Å². The molecule has 0 unspecified atom stereocenters. The Morgan fingerprint density at radius 1 is 1.54 bits per heavy atom.